The number of thioether (sulfide) groups is 1. The average Bonchev–Trinajstić information content (AvgIpc) is 2.88. The van der Waals surface area contributed by atoms with Crippen LogP contribution in [-0.2, 0) is 20.6 Å². The predicted molar refractivity (Wildman–Crippen MR) is 151 cm³/mol. The highest BCUT2D eigenvalue weighted by atomic mass is 35.5. The summed E-state index contributed by atoms with van der Waals surface area (Å²) < 4.78 is 38.8. The Hall–Kier alpha value is -2.59. The molecule has 0 radical (unpaired) electrons. The number of amides is 1. The maximum atomic E-state index is 13.6. The van der Waals surface area contributed by atoms with Gasteiger partial charge in [0.2, 0.25) is 5.91 Å². The van der Waals surface area contributed by atoms with Crippen molar-refractivity contribution in [3.8, 4) is 11.5 Å². The van der Waals surface area contributed by atoms with Crippen LogP contribution in [0.15, 0.2) is 65.6 Å². The smallest absolute Gasteiger partial charge is 0.264 e. The fraction of sp³-hybridized carbons (Fsp3) is 0.269. The van der Waals surface area contributed by atoms with Gasteiger partial charge >= 0.3 is 0 Å². The van der Waals surface area contributed by atoms with E-state index in [-0.39, 0.29) is 17.2 Å². The zero-order valence-corrected chi connectivity index (χ0v) is 23.8. The number of aryl methyl sites for hydroxylation is 1. The molecule has 0 heterocycles. The molecule has 0 spiro atoms. The second-order valence-electron chi connectivity index (χ2n) is 7.97. The Balaban J connectivity index is 1.71. The highest BCUT2D eigenvalue weighted by Crippen LogP contribution is 2.32. The van der Waals surface area contributed by atoms with Crippen molar-refractivity contribution in [3.63, 3.8) is 0 Å². The molecule has 0 fully saturated rings. The van der Waals surface area contributed by atoms with Crippen LogP contribution in [-0.4, -0.2) is 47.4 Å². The molecule has 0 aliphatic carbocycles. The van der Waals surface area contributed by atoms with E-state index in [0.717, 1.165) is 15.4 Å². The van der Waals surface area contributed by atoms with Crippen LogP contribution in [0.3, 0.4) is 0 Å². The Morgan fingerprint density at radius 1 is 0.973 bits per heavy atom. The van der Waals surface area contributed by atoms with Gasteiger partial charge in [0.15, 0.2) is 11.5 Å². The van der Waals surface area contributed by atoms with E-state index in [2.05, 4.69) is 5.32 Å². The molecule has 0 aromatic heterocycles. The van der Waals surface area contributed by atoms with Gasteiger partial charge in [-0.3, -0.25) is 9.10 Å². The molecule has 0 unspecified atom stereocenters. The van der Waals surface area contributed by atoms with Crippen molar-refractivity contribution in [2.45, 2.75) is 17.6 Å². The number of nitrogens with one attached hydrogen (secondary N) is 1. The van der Waals surface area contributed by atoms with Crippen molar-refractivity contribution in [3.05, 3.63) is 81.8 Å². The fourth-order valence-corrected chi connectivity index (χ4v) is 6.46. The van der Waals surface area contributed by atoms with Gasteiger partial charge in [0, 0.05) is 34.2 Å². The minimum atomic E-state index is -4.10. The largest absolute Gasteiger partial charge is 0.493 e. The van der Waals surface area contributed by atoms with Crippen LogP contribution in [0.25, 0.3) is 0 Å². The van der Waals surface area contributed by atoms with Crippen LogP contribution in [0.5, 0.6) is 11.5 Å². The minimum Gasteiger partial charge on any atom is -0.493 e. The first-order chi connectivity index (χ1) is 17.7. The van der Waals surface area contributed by atoms with E-state index < -0.39 is 15.9 Å². The molecule has 37 heavy (non-hydrogen) atoms. The summed E-state index contributed by atoms with van der Waals surface area (Å²) in [7, 11) is -1.20. The van der Waals surface area contributed by atoms with Crippen LogP contribution >= 0.6 is 35.0 Å². The van der Waals surface area contributed by atoms with Gasteiger partial charge in [-0.1, -0.05) is 47.0 Å². The second kappa shape index (κ2) is 13.3. The fourth-order valence-electron chi connectivity index (χ4n) is 3.42. The SMILES string of the molecule is COc1ccc(S(=O)(=O)N(CC(=O)NCCSCc2c(Cl)cccc2Cl)c2ccc(C)cc2)cc1OC. The molecule has 7 nitrogen and oxygen atoms in total. The van der Waals surface area contributed by atoms with Crippen LogP contribution in [0.1, 0.15) is 11.1 Å². The zero-order valence-electron chi connectivity index (χ0n) is 20.7. The first kappa shape index (κ1) is 29.0. The third kappa shape index (κ3) is 7.47. The number of nitrogens with zero attached hydrogens (tertiary/aromatic N) is 1. The van der Waals surface area contributed by atoms with E-state index >= 15 is 0 Å². The van der Waals surface area contributed by atoms with Crippen molar-refractivity contribution >= 4 is 56.6 Å². The summed E-state index contributed by atoms with van der Waals surface area (Å²) >= 11 is 14.0. The number of ether oxygens (including phenoxy) is 2. The highest BCUT2D eigenvalue weighted by molar-refractivity contribution is 7.98. The summed E-state index contributed by atoms with van der Waals surface area (Å²) in [5, 5.41) is 3.99. The molecule has 0 saturated heterocycles. The lowest BCUT2D eigenvalue weighted by molar-refractivity contribution is -0.119. The van der Waals surface area contributed by atoms with Gasteiger partial charge in [-0.15, -0.1) is 0 Å². The first-order valence-electron chi connectivity index (χ1n) is 11.3. The number of methoxy groups -OCH3 is 2. The van der Waals surface area contributed by atoms with E-state index in [1.165, 1.54) is 32.4 Å². The van der Waals surface area contributed by atoms with E-state index in [1.54, 1.807) is 54.2 Å². The summed E-state index contributed by atoms with van der Waals surface area (Å²) in [4.78, 5) is 12.8. The van der Waals surface area contributed by atoms with E-state index in [0.29, 0.717) is 39.5 Å². The molecule has 3 aromatic carbocycles. The van der Waals surface area contributed by atoms with Gasteiger partial charge in [-0.05, 0) is 48.9 Å². The molecule has 0 aliphatic heterocycles. The van der Waals surface area contributed by atoms with Gasteiger partial charge in [-0.25, -0.2) is 8.42 Å². The van der Waals surface area contributed by atoms with Crippen molar-refractivity contribution < 1.29 is 22.7 Å². The average molecular weight is 584 g/mol. The van der Waals surface area contributed by atoms with Crippen LogP contribution < -0.4 is 19.1 Å². The van der Waals surface area contributed by atoms with E-state index in [4.69, 9.17) is 32.7 Å². The van der Waals surface area contributed by atoms with Crippen LogP contribution in [0.4, 0.5) is 5.69 Å². The summed E-state index contributed by atoms with van der Waals surface area (Å²) in [5.41, 5.74) is 2.18. The van der Waals surface area contributed by atoms with Crippen molar-refractivity contribution in [2.75, 3.05) is 37.4 Å². The number of sulfonamides is 1. The molecular formula is C26H28Cl2N2O5S2. The number of carbonyl (C=O) groups is 1. The molecule has 11 heteroatoms. The molecule has 0 bridgehead atoms. The molecule has 0 saturated carbocycles. The second-order valence-corrected chi connectivity index (χ2v) is 11.7. The number of anilines is 1. The molecular weight excluding hydrogens is 555 g/mol. The molecule has 0 aliphatic rings. The Morgan fingerprint density at radius 2 is 1.62 bits per heavy atom. The molecule has 0 atom stereocenters. The van der Waals surface area contributed by atoms with Crippen molar-refractivity contribution in [1.29, 1.82) is 0 Å². The number of hydrogen-bond donors (Lipinski definition) is 1. The summed E-state index contributed by atoms with van der Waals surface area (Å²) in [6, 6.07) is 16.6. The minimum absolute atomic E-state index is 0.0225. The lowest BCUT2D eigenvalue weighted by Crippen LogP contribution is -2.41. The lowest BCUT2D eigenvalue weighted by atomic mass is 10.2. The summed E-state index contributed by atoms with van der Waals surface area (Å²) in [5.74, 6) is 1.43. The number of benzene rings is 3. The van der Waals surface area contributed by atoms with Crippen LogP contribution in [0.2, 0.25) is 10.0 Å². The Labute approximate surface area is 232 Å². The Morgan fingerprint density at radius 3 is 2.24 bits per heavy atom. The van der Waals surface area contributed by atoms with Gasteiger partial charge in [0.05, 0.1) is 24.8 Å². The van der Waals surface area contributed by atoms with Gasteiger partial charge in [0.25, 0.3) is 10.0 Å². The molecule has 1 amide bonds. The lowest BCUT2D eigenvalue weighted by Gasteiger charge is -2.24. The van der Waals surface area contributed by atoms with E-state index in [1.807, 2.05) is 6.92 Å². The molecule has 3 aromatic rings. The van der Waals surface area contributed by atoms with Crippen LogP contribution in [0, 0.1) is 6.92 Å². The van der Waals surface area contributed by atoms with Gasteiger partial charge < -0.3 is 14.8 Å². The van der Waals surface area contributed by atoms with E-state index in [9.17, 15) is 13.2 Å². The Bertz CT molecular complexity index is 1320. The van der Waals surface area contributed by atoms with Gasteiger partial charge in [0.1, 0.15) is 6.54 Å². The summed E-state index contributed by atoms with van der Waals surface area (Å²) in [6.45, 7) is 1.86. The zero-order chi connectivity index (χ0) is 27.0. The number of rotatable bonds is 12. The molecule has 3 rings (SSSR count). The van der Waals surface area contributed by atoms with Crippen molar-refractivity contribution in [2.24, 2.45) is 0 Å². The maximum Gasteiger partial charge on any atom is 0.264 e. The Kier molecular flexibility index (Phi) is 10.4. The van der Waals surface area contributed by atoms with Gasteiger partial charge in [-0.2, -0.15) is 11.8 Å². The molecule has 198 valence electrons. The topological polar surface area (TPSA) is 84.9 Å². The van der Waals surface area contributed by atoms with Crippen molar-refractivity contribution in [1.82, 2.24) is 5.32 Å². The first-order valence-corrected chi connectivity index (χ1v) is 14.6. The third-order valence-electron chi connectivity index (χ3n) is 5.43. The monoisotopic (exact) mass is 582 g/mol. The third-order valence-corrected chi connectivity index (χ3v) is 8.89. The quantitative estimate of drug-likeness (QED) is 0.281. The number of halogens is 2. The normalized spacial score (nSPS) is 11.2. The number of carbonyl (C=O) groups excluding carboxylic acids is 1. The standard InChI is InChI=1S/C26H28Cl2N2O5S2/c1-18-7-9-19(10-8-18)30(37(32,33)20-11-12-24(34-2)25(15-20)35-3)16-26(31)29-13-14-36-17-21-22(27)5-4-6-23(21)28/h4-12,15H,13-14,16-17H2,1-3H3,(H,29,31). The summed E-state index contributed by atoms with van der Waals surface area (Å²) in [6.07, 6.45) is 0. The maximum absolute atomic E-state index is 13.6. The molecule has 1 N–H and O–H groups in total. The highest BCUT2D eigenvalue weighted by Gasteiger charge is 2.28. The number of hydrogen-bond acceptors (Lipinski definition) is 6. The predicted octanol–water partition coefficient (Wildman–Crippen LogP) is 5.56.